The van der Waals surface area contributed by atoms with Crippen molar-refractivity contribution in [2.75, 3.05) is 19.6 Å². The van der Waals surface area contributed by atoms with E-state index in [2.05, 4.69) is 14.9 Å². The molecule has 8 nitrogen and oxygen atoms in total. The number of carbonyl (C=O) groups is 1. The van der Waals surface area contributed by atoms with Crippen LogP contribution in [0.5, 0.6) is 0 Å². The van der Waals surface area contributed by atoms with E-state index in [1.165, 1.54) is 0 Å². The summed E-state index contributed by atoms with van der Waals surface area (Å²) in [5.41, 5.74) is 0.977. The summed E-state index contributed by atoms with van der Waals surface area (Å²) in [4.78, 5) is 18.3. The van der Waals surface area contributed by atoms with Gasteiger partial charge in [-0.15, -0.1) is 0 Å². The highest BCUT2D eigenvalue weighted by Gasteiger charge is 2.27. The van der Waals surface area contributed by atoms with Crippen molar-refractivity contribution in [3.8, 4) is 0 Å². The molecule has 1 N–H and O–H groups in total. The Morgan fingerprint density at radius 3 is 2.50 bits per heavy atom. The molecule has 0 aromatic carbocycles. The van der Waals surface area contributed by atoms with Crippen LogP contribution in [0.4, 0.5) is 0 Å². The van der Waals surface area contributed by atoms with Gasteiger partial charge in [-0.05, 0) is 44.7 Å². The normalized spacial score (nSPS) is 16.0. The van der Waals surface area contributed by atoms with E-state index < -0.39 is 10.0 Å². The van der Waals surface area contributed by atoms with Crippen LogP contribution in [-0.4, -0.2) is 49.0 Å². The Hall–Kier alpha value is -2.26. The number of amides is 1. The molecule has 2 aromatic rings. The highest BCUT2D eigenvalue weighted by atomic mass is 32.2. The number of likely N-dealkylation sites (tertiary alicyclic amines) is 1. The number of aromatic nitrogens is 2. The molecule has 140 valence electrons. The molecule has 1 aliphatic heterocycles. The summed E-state index contributed by atoms with van der Waals surface area (Å²) in [6, 6.07) is 3.40. The van der Waals surface area contributed by atoms with Gasteiger partial charge < -0.3 is 9.42 Å². The summed E-state index contributed by atoms with van der Waals surface area (Å²) >= 11 is 0. The minimum atomic E-state index is -3.64. The maximum absolute atomic E-state index is 12.5. The number of piperidine rings is 1. The Bertz CT molecular complexity index is 852. The SMILES string of the molecule is Cc1noc(C)c1S(=O)(=O)NCC1CCN(C(=O)c2ccncc2)CC1. The minimum absolute atomic E-state index is 0.0119. The van der Waals surface area contributed by atoms with Crippen LogP contribution in [0.1, 0.15) is 34.7 Å². The van der Waals surface area contributed by atoms with Crippen LogP contribution < -0.4 is 4.72 Å². The van der Waals surface area contributed by atoms with E-state index in [1.54, 1.807) is 43.3 Å². The van der Waals surface area contributed by atoms with Crippen molar-refractivity contribution in [2.45, 2.75) is 31.6 Å². The number of nitrogens with zero attached hydrogens (tertiary/aromatic N) is 3. The molecule has 0 bridgehead atoms. The monoisotopic (exact) mass is 378 g/mol. The van der Waals surface area contributed by atoms with Gasteiger partial charge >= 0.3 is 0 Å². The molecule has 26 heavy (non-hydrogen) atoms. The third-order valence-corrected chi connectivity index (χ3v) is 6.29. The van der Waals surface area contributed by atoms with Crippen molar-refractivity contribution in [2.24, 2.45) is 5.92 Å². The average molecular weight is 378 g/mol. The molecule has 0 atom stereocenters. The third-order valence-electron chi connectivity index (χ3n) is 4.63. The molecule has 1 fully saturated rings. The van der Waals surface area contributed by atoms with Crippen LogP contribution in [0, 0.1) is 19.8 Å². The van der Waals surface area contributed by atoms with Gasteiger partial charge in [-0.2, -0.15) is 0 Å². The van der Waals surface area contributed by atoms with Crippen molar-refractivity contribution in [3.63, 3.8) is 0 Å². The van der Waals surface area contributed by atoms with Crippen molar-refractivity contribution >= 4 is 15.9 Å². The van der Waals surface area contributed by atoms with Crippen LogP contribution in [-0.2, 0) is 10.0 Å². The number of hydrogen-bond donors (Lipinski definition) is 1. The fourth-order valence-electron chi connectivity index (χ4n) is 3.18. The summed E-state index contributed by atoms with van der Waals surface area (Å²) in [5.74, 6) is 0.460. The van der Waals surface area contributed by atoms with E-state index in [1.807, 2.05) is 0 Å². The number of nitrogens with one attached hydrogen (secondary N) is 1. The maximum Gasteiger partial charge on any atom is 0.253 e. The number of aryl methyl sites for hydroxylation is 2. The van der Waals surface area contributed by atoms with Crippen LogP contribution in [0.3, 0.4) is 0 Å². The largest absolute Gasteiger partial charge is 0.360 e. The molecule has 0 saturated carbocycles. The Balaban J connectivity index is 1.54. The van der Waals surface area contributed by atoms with Crippen LogP contribution in [0.25, 0.3) is 0 Å². The highest BCUT2D eigenvalue weighted by Crippen LogP contribution is 2.21. The Kier molecular flexibility index (Phi) is 5.38. The first-order valence-electron chi connectivity index (χ1n) is 8.50. The van der Waals surface area contributed by atoms with Crippen LogP contribution in [0.2, 0.25) is 0 Å². The number of rotatable bonds is 5. The molecule has 9 heteroatoms. The summed E-state index contributed by atoms with van der Waals surface area (Å²) in [7, 11) is -3.64. The Morgan fingerprint density at radius 2 is 1.92 bits per heavy atom. The fourth-order valence-corrected chi connectivity index (χ4v) is 4.62. The van der Waals surface area contributed by atoms with Crippen molar-refractivity contribution < 1.29 is 17.7 Å². The second kappa shape index (κ2) is 7.55. The molecule has 2 aromatic heterocycles. The first-order valence-corrected chi connectivity index (χ1v) is 9.98. The van der Waals surface area contributed by atoms with Gasteiger partial charge in [-0.1, -0.05) is 5.16 Å². The smallest absolute Gasteiger partial charge is 0.253 e. The number of hydrogen-bond acceptors (Lipinski definition) is 6. The summed E-state index contributed by atoms with van der Waals surface area (Å²) in [6.07, 6.45) is 4.70. The highest BCUT2D eigenvalue weighted by molar-refractivity contribution is 7.89. The molecule has 0 unspecified atom stereocenters. The summed E-state index contributed by atoms with van der Waals surface area (Å²) in [5, 5.41) is 3.69. The van der Waals surface area contributed by atoms with Crippen molar-refractivity contribution in [3.05, 3.63) is 41.5 Å². The molecule has 1 amide bonds. The topological polar surface area (TPSA) is 105 Å². The van der Waals surface area contributed by atoms with Crippen LogP contribution in [0.15, 0.2) is 33.9 Å². The average Bonchev–Trinajstić information content (AvgIpc) is 3.00. The van der Waals surface area contributed by atoms with Crippen LogP contribution >= 0.6 is 0 Å². The van der Waals surface area contributed by atoms with Gasteiger partial charge in [0, 0.05) is 37.6 Å². The molecule has 0 radical (unpaired) electrons. The second-order valence-corrected chi connectivity index (χ2v) is 8.18. The zero-order chi connectivity index (χ0) is 18.7. The lowest BCUT2D eigenvalue weighted by molar-refractivity contribution is 0.0692. The van der Waals surface area contributed by atoms with E-state index >= 15 is 0 Å². The molecular weight excluding hydrogens is 356 g/mol. The number of carbonyl (C=O) groups excluding carboxylic acids is 1. The number of sulfonamides is 1. The quantitative estimate of drug-likeness (QED) is 0.846. The van der Waals surface area contributed by atoms with Gasteiger partial charge in [-0.25, -0.2) is 13.1 Å². The van der Waals surface area contributed by atoms with E-state index in [9.17, 15) is 13.2 Å². The Morgan fingerprint density at radius 1 is 1.27 bits per heavy atom. The van der Waals surface area contributed by atoms with Gasteiger partial charge in [0.05, 0.1) is 0 Å². The zero-order valence-electron chi connectivity index (χ0n) is 14.8. The van der Waals surface area contributed by atoms with Gasteiger partial charge in [0.1, 0.15) is 10.6 Å². The molecule has 3 rings (SSSR count). The minimum Gasteiger partial charge on any atom is -0.360 e. The molecular formula is C17H22N4O4S. The van der Waals surface area contributed by atoms with Gasteiger partial charge in [-0.3, -0.25) is 9.78 Å². The van der Waals surface area contributed by atoms with E-state index in [0.717, 1.165) is 12.8 Å². The predicted octanol–water partition coefficient (Wildman–Crippen LogP) is 1.52. The molecule has 1 saturated heterocycles. The summed E-state index contributed by atoms with van der Waals surface area (Å²) < 4.78 is 32.5. The lowest BCUT2D eigenvalue weighted by Crippen LogP contribution is -2.41. The molecule has 0 spiro atoms. The van der Waals surface area contributed by atoms with E-state index in [-0.39, 0.29) is 22.5 Å². The predicted molar refractivity (Wildman–Crippen MR) is 94.0 cm³/mol. The van der Waals surface area contributed by atoms with Gasteiger partial charge in [0.2, 0.25) is 10.0 Å². The van der Waals surface area contributed by atoms with Crippen molar-refractivity contribution in [1.82, 2.24) is 19.8 Å². The second-order valence-electron chi connectivity index (χ2n) is 6.48. The Labute approximate surface area is 152 Å². The lowest BCUT2D eigenvalue weighted by Gasteiger charge is -2.32. The third kappa shape index (κ3) is 3.94. The molecule has 1 aliphatic rings. The van der Waals surface area contributed by atoms with Gasteiger partial charge in [0.25, 0.3) is 5.91 Å². The lowest BCUT2D eigenvalue weighted by atomic mass is 9.97. The first-order chi connectivity index (χ1) is 12.4. The van der Waals surface area contributed by atoms with E-state index in [4.69, 9.17) is 4.52 Å². The first kappa shape index (κ1) is 18.5. The molecule has 3 heterocycles. The summed E-state index contributed by atoms with van der Waals surface area (Å²) in [6.45, 7) is 4.74. The zero-order valence-corrected chi connectivity index (χ0v) is 15.6. The van der Waals surface area contributed by atoms with E-state index in [0.29, 0.717) is 30.9 Å². The number of pyridine rings is 1. The standard InChI is InChI=1S/C17H22N4O4S/c1-12-16(13(2)25-20-12)26(23,24)19-11-14-5-9-21(10-6-14)17(22)15-3-7-18-8-4-15/h3-4,7-8,14,19H,5-6,9-11H2,1-2H3. The molecule has 0 aliphatic carbocycles. The van der Waals surface area contributed by atoms with Gasteiger partial charge in [0.15, 0.2) is 5.76 Å². The fraction of sp³-hybridized carbons (Fsp3) is 0.471. The maximum atomic E-state index is 12.5. The van der Waals surface area contributed by atoms with Crippen molar-refractivity contribution in [1.29, 1.82) is 0 Å².